The van der Waals surface area contributed by atoms with Gasteiger partial charge in [-0.05, 0) is 24.6 Å². The number of carboxylic acid groups (broad SMARTS) is 1. The van der Waals surface area contributed by atoms with E-state index < -0.39 is 20.6 Å². The molecule has 1 aromatic rings. The fourth-order valence-corrected chi connectivity index (χ4v) is 4.30. The second-order valence-corrected chi connectivity index (χ2v) is 10.4. The van der Waals surface area contributed by atoms with E-state index in [9.17, 15) is 18.0 Å². The Morgan fingerprint density at radius 2 is 2.07 bits per heavy atom. The van der Waals surface area contributed by atoms with Crippen LogP contribution in [-0.2, 0) is 19.4 Å². The lowest BCUT2D eigenvalue weighted by Gasteiger charge is -2.20. The molecule has 1 aliphatic rings. The summed E-state index contributed by atoms with van der Waals surface area (Å²) in [6.07, 6.45) is 0.655. The predicted octanol–water partition coefficient (Wildman–Crippen LogP) is 2.03. The van der Waals surface area contributed by atoms with Crippen LogP contribution in [-0.4, -0.2) is 48.2 Å². The van der Waals surface area contributed by atoms with E-state index >= 15 is 0 Å². The van der Waals surface area contributed by atoms with E-state index in [0.29, 0.717) is 23.4 Å². The van der Waals surface area contributed by atoms with Crippen LogP contribution >= 0.6 is 12.6 Å². The minimum atomic E-state index is -3.49. The highest BCUT2D eigenvalue weighted by Gasteiger charge is 2.28. The summed E-state index contributed by atoms with van der Waals surface area (Å²) >= 11 is 4.30. The molecule has 0 saturated carbocycles. The quantitative estimate of drug-likeness (QED) is 0.331. The number of carboxylic acids is 1. The van der Waals surface area contributed by atoms with Crippen molar-refractivity contribution in [3.05, 3.63) is 23.8 Å². The lowest BCUT2D eigenvalue weighted by Crippen LogP contribution is -2.29. The van der Waals surface area contributed by atoms with Crippen LogP contribution in [0.25, 0.3) is 0 Å². The first-order valence-corrected chi connectivity index (χ1v) is 10.9. The molecule has 8 nitrogen and oxygen atoms in total. The van der Waals surface area contributed by atoms with Gasteiger partial charge in [0.25, 0.3) is 0 Å². The van der Waals surface area contributed by atoms with Gasteiger partial charge in [-0.25, -0.2) is 13.8 Å². The van der Waals surface area contributed by atoms with Crippen molar-refractivity contribution in [2.24, 2.45) is 5.10 Å². The normalized spacial score (nSPS) is 17.0. The third-order valence-corrected chi connectivity index (χ3v) is 5.83. The maximum atomic E-state index is 12.4. The number of hydrogen-bond acceptors (Lipinski definition) is 7. The number of carbonyl (C=O) groups is 2. The van der Waals surface area contributed by atoms with E-state index in [0.717, 1.165) is 0 Å². The number of ether oxygens (including phenoxy) is 1. The molecule has 2 N–H and O–H groups in total. The standard InChI is InChI=1S/C18H24N2O6S2/c1-18(2,27)11-16(21)20-19-14-7-9-28(24,25)15-10-12(5-6-13(14)15)26-8-3-4-17(22)23/h5-6,10,27H,3-4,7-9,11H2,1-2H3,(H,20,21)(H,22,23)/b19-14+. The summed E-state index contributed by atoms with van der Waals surface area (Å²) in [6.45, 7) is 3.79. The van der Waals surface area contributed by atoms with Gasteiger partial charge in [-0.15, -0.1) is 0 Å². The maximum absolute atomic E-state index is 12.4. The first-order valence-electron chi connectivity index (χ1n) is 8.77. The summed E-state index contributed by atoms with van der Waals surface area (Å²) in [6, 6.07) is 4.61. The minimum Gasteiger partial charge on any atom is -0.494 e. The zero-order chi connectivity index (χ0) is 20.9. The van der Waals surface area contributed by atoms with Gasteiger partial charge in [0.1, 0.15) is 5.75 Å². The van der Waals surface area contributed by atoms with Gasteiger partial charge < -0.3 is 9.84 Å². The Morgan fingerprint density at radius 1 is 1.36 bits per heavy atom. The van der Waals surface area contributed by atoms with E-state index in [1.165, 1.54) is 6.07 Å². The Labute approximate surface area is 169 Å². The number of thiol groups is 1. The third kappa shape index (κ3) is 6.52. The van der Waals surface area contributed by atoms with Gasteiger partial charge in [-0.2, -0.15) is 17.7 Å². The number of hydrogen-bond donors (Lipinski definition) is 3. The molecule has 1 aliphatic heterocycles. The zero-order valence-electron chi connectivity index (χ0n) is 15.8. The summed E-state index contributed by atoms with van der Waals surface area (Å²) in [5.41, 5.74) is 3.37. The van der Waals surface area contributed by atoms with Crippen molar-refractivity contribution in [3.8, 4) is 5.75 Å². The number of sulfone groups is 1. The lowest BCUT2D eigenvalue weighted by molar-refractivity contribution is -0.137. The molecule has 154 valence electrons. The van der Waals surface area contributed by atoms with Crippen LogP contribution in [0.5, 0.6) is 5.75 Å². The molecule has 0 bridgehead atoms. The molecule has 0 saturated heterocycles. The molecule has 1 aromatic carbocycles. The molecule has 0 aromatic heterocycles. The molecule has 28 heavy (non-hydrogen) atoms. The van der Waals surface area contributed by atoms with E-state index in [1.807, 2.05) is 13.8 Å². The first-order chi connectivity index (χ1) is 13.0. The van der Waals surface area contributed by atoms with E-state index in [2.05, 4.69) is 23.2 Å². The van der Waals surface area contributed by atoms with Crippen molar-refractivity contribution < 1.29 is 27.9 Å². The highest BCUT2D eigenvalue weighted by molar-refractivity contribution is 7.91. The lowest BCUT2D eigenvalue weighted by atomic mass is 10.1. The van der Waals surface area contributed by atoms with Crippen LogP contribution < -0.4 is 10.2 Å². The fraction of sp³-hybridized carbons (Fsp3) is 0.500. The number of nitrogens with one attached hydrogen (secondary N) is 1. The largest absolute Gasteiger partial charge is 0.494 e. The number of rotatable bonds is 8. The molecule has 0 fully saturated rings. The molecule has 0 atom stereocenters. The topological polar surface area (TPSA) is 122 Å². The van der Waals surface area contributed by atoms with E-state index in [4.69, 9.17) is 9.84 Å². The second-order valence-electron chi connectivity index (χ2n) is 7.16. The number of nitrogens with zero attached hydrogens (tertiary/aromatic N) is 1. The number of amides is 1. The maximum Gasteiger partial charge on any atom is 0.303 e. The fourth-order valence-electron chi connectivity index (χ4n) is 2.66. The summed E-state index contributed by atoms with van der Waals surface area (Å²) in [7, 11) is -3.49. The van der Waals surface area contributed by atoms with Crippen molar-refractivity contribution >= 4 is 40.1 Å². The molecule has 0 radical (unpaired) electrons. The second kappa shape index (κ2) is 8.95. The van der Waals surface area contributed by atoms with Gasteiger partial charge in [0.15, 0.2) is 9.84 Å². The van der Waals surface area contributed by atoms with Crippen molar-refractivity contribution in [3.63, 3.8) is 0 Å². The molecule has 1 heterocycles. The average molecular weight is 429 g/mol. The molecule has 0 unspecified atom stereocenters. The Balaban J connectivity index is 2.17. The molecule has 10 heteroatoms. The Kier molecular flexibility index (Phi) is 7.11. The van der Waals surface area contributed by atoms with Gasteiger partial charge in [0, 0.05) is 29.6 Å². The summed E-state index contributed by atoms with van der Waals surface area (Å²) in [5, 5.41) is 12.7. The highest BCUT2D eigenvalue weighted by atomic mass is 32.2. The third-order valence-electron chi connectivity index (χ3n) is 3.92. The van der Waals surface area contributed by atoms with Gasteiger partial charge in [-0.1, -0.05) is 13.8 Å². The van der Waals surface area contributed by atoms with Gasteiger partial charge >= 0.3 is 5.97 Å². The summed E-state index contributed by atoms with van der Waals surface area (Å²) in [5.74, 6) is -0.994. The monoisotopic (exact) mass is 428 g/mol. The number of aliphatic carboxylic acids is 1. The van der Waals surface area contributed by atoms with E-state index in [-0.39, 0.29) is 42.4 Å². The summed E-state index contributed by atoms with van der Waals surface area (Å²) < 4.78 is 29.8. The van der Waals surface area contributed by atoms with Crippen LogP contribution in [0, 0.1) is 0 Å². The number of fused-ring (bicyclic) bond motifs is 1. The van der Waals surface area contributed by atoms with Gasteiger partial charge in [-0.3, -0.25) is 9.59 Å². The number of carbonyl (C=O) groups excluding carboxylic acids is 1. The SMILES string of the molecule is CC(C)(S)CC(=O)N/N=C1\CCS(=O)(=O)c2cc(OCCCC(=O)O)ccc21. The number of benzene rings is 1. The molecular weight excluding hydrogens is 404 g/mol. The Bertz CT molecular complexity index is 888. The Morgan fingerprint density at radius 3 is 2.71 bits per heavy atom. The molecule has 2 rings (SSSR count). The van der Waals surface area contributed by atoms with Crippen molar-refractivity contribution in [2.75, 3.05) is 12.4 Å². The van der Waals surface area contributed by atoms with Crippen molar-refractivity contribution in [1.29, 1.82) is 0 Å². The average Bonchev–Trinajstić information content (AvgIpc) is 2.56. The van der Waals surface area contributed by atoms with Crippen LogP contribution in [0.15, 0.2) is 28.2 Å². The zero-order valence-corrected chi connectivity index (χ0v) is 17.5. The van der Waals surface area contributed by atoms with Crippen molar-refractivity contribution in [2.45, 2.75) is 49.2 Å². The van der Waals surface area contributed by atoms with Crippen LogP contribution in [0.3, 0.4) is 0 Å². The Hall–Kier alpha value is -2.07. The molecule has 0 spiro atoms. The smallest absolute Gasteiger partial charge is 0.303 e. The van der Waals surface area contributed by atoms with Crippen molar-refractivity contribution in [1.82, 2.24) is 5.43 Å². The van der Waals surface area contributed by atoms with Gasteiger partial charge in [0.05, 0.1) is 23.0 Å². The molecular formula is C18H24N2O6S2. The van der Waals surface area contributed by atoms with Crippen LogP contribution in [0.1, 0.15) is 45.1 Å². The van der Waals surface area contributed by atoms with Crippen LogP contribution in [0.2, 0.25) is 0 Å². The number of hydrazone groups is 1. The molecule has 1 amide bonds. The predicted molar refractivity (Wildman–Crippen MR) is 108 cm³/mol. The van der Waals surface area contributed by atoms with Gasteiger partial charge in [0.2, 0.25) is 5.91 Å². The minimum absolute atomic E-state index is 0.0250. The summed E-state index contributed by atoms with van der Waals surface area (Å²) in [4.78, 5) is 22.6. The van der Waals surface area contributed by atoms with E-state index in [1.54, 1.807) is 12.1 Å². The van der Waals surface area contributed by atoms with Crippen LogP contribution in [0.4, 0.5) is 0 Å². The molecule has 0 aliphatic carbocycles. The highest BCUT2D eigenvalue weighted by Crippen LogP contribution is 2.29. The first kappa shape index (κ1) is 22.2.